The number of likely N-dealkylation sites (N-methyl/N-ethyl adjacent to an activating group) is 1. The first-order valence-electron chi connectivity index (χ1n) is 7.48. The highest BCUT2D eigenvalue weighted by Crippen LogP contribution is 2.21. The van der Waals surface area contributed by atoms with Crippen LogP contribution in [0.1, 0.15) is 46.5 Å². The minimum absolute atomic E-state index is 0.0241. The van der Waals surface area contributed by atoms with Crippen molar-refractivity contribution in [3.63, 3.8) is 0 Å². The number of carbonyl (C=O) groups is 2. The van der Waals surface area contributed by atoms with Crippen molar-refractivity contribution in [2.24, 2.45) is 0 Å². The third-order valence-corrected chi connectivity index (χ3v) is 3.34. The first-order chi connectivity index (χ1) is 9.67. The van der Waals surface area contributed by atoms with Gasteiger partial charge in [0, 0.05) is 20.1 Å². The molecule has 6 nitrogen and oxygen atoms in total. The number of carbonyl (C=O) groups excluding carboxylic acids is 2. The maximum atomic E-state index is 11.7. The molecule has 0 radical (unpaired) electrons. The molecule has 1 saturated carbocycles. The molecule has 1 aliphatic rings. The number of nitrogens with one attached hydrogen (secondary N) is 1. The van der Waals surface area contributed by atoms with E-state index < -0.39 is 5.60 Å². The molecule has 0 bridgehead atoms. The van der Waals surface area contributed by atoms with Gasteiger partial charge < -0.3 is 19.7 Å². The summed E-state index contributed by atoms with van der Waals surface area (Å²) in [6, 6.07) is 0.129. The number of amides is 2. The summed E-state index contributed by atoms with van der Waals surface area (Å²) in [5, 5.41) is 2.89. The van der Waals surface area contributed by atoms with Crippen molar-refractivity contribution in [3.8, 4) is 0 Å². The molecule has 122 valence electrons. The zero-order valence-corrected chi connectivity index (χ0v) is 13.8. The van der Waals surface area contributed by atoms with Crippen LogP contribution in [0, 0.1) is 0 Å². The molecule has 0 saturated heterocycles. The number of ether oxygens (including phenoxy) is 2. The van der Waals surface area contributed by atoms with Crippen molar-refractivity contribution in [3.05, 3.63) is 0 Å². The summed E-state index contributed by atoms with van der Waals surface area (Å²) in [6.07, 6.45) is 3.13. The van der Waals surface area contributed by atoms with Crippen LogP contribution >= 0.6 is 0 Å². The molecule has 0 aromatic rings. The summed E-state index contributed by atoms with van der Waals surface area (Å²) in [4.78, 5) is 24.7. The first kappa shape index (κ1) is 17.8. The monoisotopic (exact) mass is 300 g/mol. The zero-order valence-electron chi connectivity index (χ0n) is 13.8. The highest BCUT2D eigenvalue weighted by Gasteiger charge is 2.25. The van der Waals surface area contributed by atoms with Crippen LogP contribution in [0.25, 0.3) is 0 Å². The molecule has 0 heterocycles. The van der Waals surface area contributed by atoms with Gasteiger partial charge in [0.05, 0.1) is 6.10 Å². The predicted molar refractivity (Wildman–Crippen MR) is 80.1 cm³/mol. The smallest absolute Gasteiger partial charge is 0.407 e. The van der Waals surface area contributed by atoms with E-state index in [1.54, 1.807) is 14.1 Å². The third-order valence-electron chi connectivity index (χ3n) is 3.34. The van der Waals surface area contributed by atoms with Gasteiger partial charge in [-0.25, -0.2) is 4.79 Å². The standard InChI is InChI=1S/C15H28N2O4/c1-15(2,3)21-14(19)16-11-6-8-12(9-7-11)20-10-13(18)17(4)5/h11-12H,6-10H2,1-5H3,(H,16,19). The Hall–Kier alpha value is -1.30. The molecular weight excluding hydrogens is 272 g/mol. The molecule has 0 unspecified atom stereocenters. The van der Waals surface area contributed by atoms with Crippen LogP contribution < -0.4 is 5.32 Å². The van der Waals surface area contributed by atoms with E-state index >= 15 is 0 Å². The number of rotatable bonds is 4. The van der Waals surface area contributed by atoms with Crippen LogP contribution in [0.2, 0.25) is 0 Å². The molecular formula is C15H28N2O4. The number of nitrogens with zero attached hydrogens (tertiary/aromatic N) is 1. The van der Waals surface area contributed by atoms with E-state index in [9.17, 15) is 9.59 Å². The Kier molecular flexibility index (Phi) is 6.45. The molecule has 0 aromatic carbocycles. The Morgan fingerprint density at radius 3 is 2.19 bits per heavy atom. The fraction of sp³-hybridized carbons (Fsp3) is 0.867. The molecule has 2 amide bonds. The van der Waals surface area contributed by atoms with Crippen molar-refractivity contribution < 1.29 is 19.1 Å². The lowest BCUT2D eigenvalue weighted by Crippen LogP contribution is -2.42. The third kappa shape index (κ3) is 7.32. The highest BCUT2D eigenvalue weighted by molar-refractivity contribution is 5.76. The van der Waals surface area contributed by atoms with Crippen molar-refractivity contribution in [1.29, 1.82) is 0 Å². The van der Waals surface area contributed by atoms with E-state index in [4.69, 9.17) is 9.47 Å². The summed E-state index contributed by atoms with van der Waals surface area (Å²) in [5.41, 5.74) is -0.475. The van der Waals surface area contributed by atoms with Crippen LogP contribution in [0.5, 0.6) is 0 Å². The van der Waals surface area contributed by atoms with Crippen molar-refractivity contribution in [1.82, 2.24) is 10.2 Å². The summed E-state index contributed by atoms with van der Waals surface area (Å²) in [6.45, 7) is 5.67. The molecule has 1 fully saturated rings. The molecule has 1 N–H and O–H groups in total. The van der Waals surface area contributed by atoms with Gasteiger partial charge in [-0.2, -0.15) is 0 Å². The lowest BCUT2D eigenvalue weighted by Gasteiger charge is -2.30. The Labute approximate surface area is 127 Å². The second-order valence-corrected chi connectivity index (χ2v) is 6.72. The lowest BCUT2D eigenvalue weighted by atomic mass is 9.93. The Bertz CT molecular complexity index is 355. The van der Waals surface area contributed by atoms with Gasteiger partial charge >= 0.3 is 6.09 Å². The average molecular weight is 300 g/mol. The van der Waals surface area contributed by atoms with Gasteiger partial charge in [-0.05, 0) is 46.5 Å². The molecule has 1 aliphatic carbocycles. The Balaban J connectivity index is 2.23. The van der Waals surface area contributed by atoms with Crippen LogP contribution in [-0.4, -0.2) is 55.3 Å². The minimum Gasteiger partial charge on any atom is -0.444 e. The summed E-state index contributed by atoms with van der Waals surface area (Å²) in [7, 11) is 3.43. The molecule has 0 atom stereocenters. The maximum Gasteiger partial charge on any atom is 0.407 e. The highest BCUT2D eigenvalue weighted by atomic mass is 16.6. The van der Waals surface area contributed by atoms with E-state index in [0.717, 1.165) is 25.7 Å². The van der Waals surface area contributed by atoms with Crippen LogP contribution in [0.15, 0.2) is 0 Å². The molecule has 0 aliphatic heterocycles. The summed E-state index contributed by atoms with van der Waals surface area (Å²) in [5.74, 6) is -0.0241. The molecule has 0 aromatic heterocycles. The normalized spacial score (nSPS) is 22.5. The van der Waals surface area contributed by atoms with Gasteiger partial charge in [0.15, 0.2) is 0 Å². The molecule has 1 rings (SSSR count). The van der Waals surface area contributed by atoms with Gasteiger partial charge in [-0.15, -0.1) is 0 Å². The molecule has 6 heteroatoms. The topological polar surface area (TPSA) is 67.9 Å². The van der Waals surface area contributed by atoms with Crippen LogP contribution in [-0.2, 0) is 14.3 Å². The second-order valence-electron chi connectivity index (χ2n) is 6.72. The van der Waals surface area contributed by atoms with Gasteiger partial charge in [-0.3, -0.25) is 4.79 Å². The van der Waals surface area contributed by atoms with Gasteiger partial charge in [0.25, 0.3) is 0 Å². The van der Waals surface area contributed by atoms with Crippen molar-refractivity contribution in [2.45, 2.75) is 64.2 Å². The molecule has 21 heavy (non-hydrogen) atoms. The first-order valence-corrected chi connectivity index (χ1v) is 7.48. The number of alkyl carbamates (subject to hydrolysis) is 1. The maximum absolute atomic E-state index is 11.7. The number of hydrogen-bond acceptors (Lipinski definition) is 4. The average Bonchev–Trinajstić information content (AvgIpc) is 2.35. The van der Waals surface area contributed by atoms with Crippen LogP contribution in [0.3, 0.4) is 0 Å². The quantitative estimate of drug-likeness (QED) is 0.861. The fourth-order valence-corrected chi connectivity index (χ4v) is 2.17. The van der Waals surface area contributed by atoms with E-state index in [1.165, 1.54) is 4.90 Å². The predicted octanol–water partition coefficient (Wildman–Crippen LogP) is 1.93. The van der Waals surface area contributed by atoms with E-state index in [1.807, 2.05) is 20.8 Å². The fourth-order valence-electron chi connectivity index (χ4n) is 2.17. The van der Waals surface area contributed by atoms with Crippen molar-refractivity contribution >= 4 is 12.0 Å². The summed E-state index contributed by atoms with van der Waals surface area (Å²) < 4.78 is 10.8. The Morgan fingerprint density at radius 2 is 1.71 bits per heavy atom. The number of hydrogen-bond donors (Lipinski definition) is 1. The van der Waals surface area contributed by atoms with Crippen molar-refractivity contribution in [2.75, 3.05) is 20.7 Å². The van der Waals surface area contributed by atoms with E-state index in [2.05, 4.69) is 5.32 Å². The van der Waals surface area contributed by atoms with Gasteiger partial charge in [0.2, 0.25) is 5.91 Å². The van der Waals surface area contributed by atoms with Gasteiger partial charge in [0.1, 0.15) is 12.2 Å². The summed E-state index contributed by atoms with van der Waals surface area (Å²) >= 11 is 0. The van der Waals surface area contributed by atoms with E-state index in [0.29, 0.717) is 0 Å². The lowest BCUT2D eigenvalue weighted by molar-refractivity contribution is -0.136. The SMILES string of the molecule is CN(C)C(=O)COC1CCC(NC(=O)OC(C)(C)C)CC1. The van der Waals surface area contributed by atoms with Gasteiger partial charge in [-0.1, -0.05) is 0 Å². The second kappa shape index (κ2) is 7.64. The Morgan fingerprint density at radius 1 is 1.14 bits per heavy atom. The largest absolute Gasteiger partial charge is 0.444 e. The van der Waals surface area contributed by atoms with Crippen LogP contribution in [0.4, 0.5) is 4.79 Å². The van der Waals surface area contributed by atoms with E-state index in [-0.39, 0.29) is 30.8 Å². The zero-order chi connectivity index (χ0) is 16.0. The molecule has 0 spiro atoms. The minimum atomic E-state index is -0.475.